The van der Waals surface area contributed by atoms with Crippen molar-refractivity contribution >= 4 is 44.0 Å². The lowest BCUT2D eigenvalue weighted by Crippen LogP contribution is -2.00. The fourth-order valence-electron chi connectivity index (χ4n) is 5.51. The van der Waals surface area contributed by atoms with Gasteiger partial charge in [-0.2, -0.15) is 0 Å². The van der Waals surface area contributed by atoms with Crippen LogP contribution < -0.4 is 0 Å². The lowest BCUT2D eigenvalue weighted by atomic mass is 10.1. The van der Waals surface area contributed by atoms with Crippen molar-refractivity contribution in [3.63, 3.8) is 0 Å². The summed E-state index contributed by atoms with van der Waals surface area (Å²) in [5.41, 5.74) is 8.10. The topological polar surface area (TPSA) is 48.5 Å². The number of aromatic nitrogens is 5. The van der Waals surface area contributed by atoms with Crippen LogP contribution in [0.5, 0.6) is 0 Å². The van der Waals surface area contributed by atoms with E-state index in [-0.39, 0.29) is 0 Å². The fraction of sp³-hybridized carbons (Fsp3) is 0. The molecule has 0 atom stereocenters. The molecule has 0 aliphatic carbocycles. The van der Waals surface area contributed by atoms with Gasteiger partial charge in [0, 0.05) is 39.8 Å². The van der Waals surface area contributed by atoms with Gasteiger partial charge in [-0.25, -0.2) is 9.97 Å². The minimum Gasteiger partial charge on any atom is -0.292 e. The van der Waals surface area contributed by atoms with Crippen molar-refractivity contribution < 1.29 is 0 Å². The molecule has 0 radical (unpaired) electrons. The number of benzene rings is 3. The van der Waals surface area contributed by atoms with Gasteiger partial charge in [0.05, 0.1) is 16.6 Å². The minimum absolute atomic E-state index is 0.836. The monoisotopic (exact) mass is 487 g/mol. The van der Waals surface area contributed by atoms with E-state index in [9.17, 15) is 0 Å². The molecule has 8 aromatic rings. The summed E-state index contributed by atoms with van der Waals surface area (Å²) in [7, 11) is 0. The molecule has 178 valence electrons. The predicted octanol–water partition coefficient (Wildman–Crippen LogP) is 7.73. The summed E-state index contributed by atoms with van der Waals surface area (Å²) >= 11 is 0. The van der Waals surface area contributed by atoms with Gasteiger partial charge in [-0.3, -0.25) is 14.1 Å². The zero-order valence-corrected chi connectivity index (χ0v) is 20.4. The summed E-state index contributed by atoms with van der Waals surface area (Å²) in [6.45, 7) is 0. The summed E-state index contributed by atoms with van der Waals surface area (Å²) in [6.07, 6.45) is 3.79. The van der Waals surface area contributed by atoms with Gasteiger partial charge in [-0.15, -0.1) is 0 Å². The Bertz CT molecular complexity index is 2110. The van der Waals surface area contributed by atoms with E-state index < -0.39 is 0 Å². The van der Waals surface area contributed by atoms with Crippen LogP contribution in [0.2, 0.25) is 0 Å². The summed E-state index contributed by atoms with van der Waals surface area (Å²) in [4.78, 5) is 15.0. The Kier molecular flexibility index (Phi) is 4.45. The van der Waals surface area contributed by atoms with E-state index in [1.807, 2.05) is 42.7 Å². The summed E-state index contributed by atoms with van der Waals surface area (Å²) in [6, 6.07) is 39.7. The van der Waals surface area contributed by atoms with Crippen molar-refractivity contribution in [3.05, 3.63) is 128 Å². The molecule has 5 aromatic heterocycles. The van der Waals surface area contributed by atoms with Crippen LogP contribution in [0.25, 0.3) is 66.6 Å². The van der Waals surface area contributed by atoms with Crippen LogP contribution in [0.3, 0.4) is 0 Å². The molecule has 0 bridgehead atoms. The van der Waals surface area contributed by atoms with Gasteiger partial charge < -0.3 is 0 Å². The highest BCUT2D eigenvalue weighted by molar-refractivity contribution is 6.15. The van der Waals surface area contributed by atoms with E-state index >= 15 is 0 Å². The second kappa shape index (κ2) is 8.11. The highest BCUT2D eigenvalue weighted by Crippen LogP contribution is 2.36. The molecule has 0 spiro atoms. The van der Waals surface area contributed by atoms with Crippen molar-refractivity contribution in [2.45, 2.75) is 0 Å². The summed E-state index contributed by atoms with van der Waals surface area (Å²) < 4.78 is 4.37. The molecule has 0 N–H and O–H groups in total. The van der Waals surface area contributed by atoms with E-state index in [0.29, 0.717) is 0 Å². The van der Waals surface area contributed by atoms with Crippen LogP contribution in [0, 0.1) is 0 Å². The molecule has 5 heterocycles. The lowest BCUT2D eigenvalue weighted by molar-refractivity contribution is 1.05. The smallest absolute Gasteiger partial charge is 0.149 e. The van der Waals surface area contributed by atoms with E-state index in [0.717, 1.165) is 66.6 Å². The highest BCUT2D eigenvalue weighted by Gasteiger charge is 2.20. The van der Waals surface area contributed by atoms with Crippen LogP contribution in [0.15, 0.2) is 128 Å². The first-order valence-electron chi connectivity index (χ1n) is 12.6. The maximum atomic E-state index is 5.33. The van der Waals surface area contributed by atoms with Gasteiger partial charge in [-0.1, -0.05) is 66.7 Å². The van der Waals surface area contributed by atoms with Crippen molar-refractivity contribution in [2.24, 2.45) is 0 Å². The lowest BCUT2D eigenvalue weighted by Gasteiger charge is -2.09. The Labute approximate surface area is 218 Å². The molecule has 5 heteroatoms. The Hall–Kier alpha value is -5.29. The Morgan fingerprint density at radius 2 is 1.24 bits per heavy atom. The summed E-state index contributed by atoms with van der Waals surface area (Å²) in [5.74, 6) is 0.836. The quantitative estimate of drug-likeness (QED) is 0.256. The molecule has 38 heavy (non-hydrogen) atoms. The zero-order valence-electron chi connectivity index (χ0n) is 20.4. The standard InChI is InChI=1S/C33H21N5/c1-3-10-22(11-4-1)23-17-18-30(35-21-23)38-28-15-8-7-14-25(28)26-20-27-31-29(16-9-19-34-31)37(33(27)36-32(26)38)24-12-5-2-6-13-24/h1-21H. The number of hydrogen-bond donors (Lipinski definition) is 0. The molecular formula is C33H21N5. The third-order valence-electron chi connectivity index (χ3n) is 7.22. The molecule has 5 nitrogen and oxygen atoms in total. The van der Waals surface area contributed by atoms with E-state index in [1.54, 1.807) is 0 Å². The fourth-order valence-corrected chi connectivity index (χ4v) is 5.51. The molecule has 0 fully saturated rings. The number of hydrogen-bond acceptors (Lipinski definition) is 3. The minimum atomic E-state index is 0.836. The molecule has 0 unspecified atom stereocenters. The van der Waals surface area contributed by atoms with Gasteiger partial charge in [0.1, 0.15) is 17.1 Å². The maximum Gasteiger partial charge on any atom is 0.149 e. The third-order valence-corrected chi connectivity index (χ3v) is 7.22. The van der Waals surface area contributed by atoms with Crippen LogP contribution in [0.1, 0.15) is 0 Å². The second-order valence-corrected chi connectivity index (χ2v) is 9.40. The average Bonchev–Trinajstić information content (AvgIpc) is 3.49. The van der Waals surface area contributed by atoms with Crippen molar-refractivity contribution in [2.75, 3.05) is 0 Å². The average molecular weight is 488 g/mol. The third kappa shape index (κ3) is 3.02. The zero-order chi connectivity index (χ0) is 25.1. The molecule has 0 amide bonds. The van der Waals surface area contributed by atoms with Gasteiger partial charge in [0.15, 0.2) is 0 Å². The van der Waals surface area contributed by atoms with E-state index in [2.05, 4.69) is 94.1 Å². The Balaban J connectivity index is 1.45. The van der Waals surface area contributed by atoms with E-state index in [4.69, 9.17) is 15.0 Å². The van der Waals surface area contributed by atoms with Crippen molar-refractivity contribution in [3.8, 4) is 22.6 Å². The molecule has 8 rings (SSSR count). The van der Waals surface area contributed by atoms with Crippen molar-refractivity contribution in [1.82, 2.24) is 24.1 Å². The second-order valence-electron chi connectivity index (χ2n) is 9.40. The van der Waals surface area contributed by atoms with E-state index in [1.165, 1.54) is 0 Å². The van der Waals surface area contributed by atoms with Crippen LogP contribution >= 0.6 is 0 Å². The van der Waals surface area contributed by atoms with Crippen LogP contribution in [0.4, 0.5) is 0 Å². The molecule has 0 aliphatic rings. The molecular weight excluding hydrogens is 466 g/mol. The first-order valence-corrected chi connectivity index (χ1v) is 12.6. The largest absolute Gasteiger partial charge is 0.292 e. The van der Waals surface area contributed by atoms with Crippen LogP contribution in [-0.2, 0) is 0 Å². The molecule has 0 aliphatic heterocycles. The Morgan fingerprint density at radius 1 is 0.500 bits per heavy atom. The van der Waals surface area contributed by atoms with Crippen LogP contribution in [-0.4, -0.2) is 24.1 Å². The van der Waals surface area contributed by atoms with Crippen molar-refractivity contribution in [1.29, 1.82) is 0 Å². The normalized spacial score (nSPS) is 11.7. The predicted molar refractivity (Wildman–Crippen MR) is 154 cm³/mol. The van der Waals surface area contributed by atoms with Gasteiger partial charge >= 0.3 is 0 Å². The first kappa shape index (κ1) is 20.9. The summed E-state index contributed by atoms with van der Waals surface area (Å²) in [5, 5.41) is 3.26. The number of rotatable bonds is 3. The first-order chi connectivity index (χ1) is 18.9. The molecule has 0 saturated carbocycles. The Morgan fingerprint density at radius 3 is 2.05 bits per heavy atom. The van der Waals surface area contributed by atoms with Gasteiger partial charge in [0.25, 0.3) is 0 Å². The van der Waals surface area contributed by atoms with Gasteiger partial charge in [0.2, 0.25) is 0 Å². The number of nitrogens with zero attached hydrogens (tertiary/aromatic N) is 5. The number of para-hydroxylation sites is 2. The molecule has 3 aromatic carbocycles. The molecule has 0 saturated heterocycles. The van der Waals surface area contributed by atoms with Gasteiger partial charge in [-0.05, 0) is 54.1 Å². The number of pyridine rings is 3. The highest BCUT2D eigenvalue weighted by atomic mass is 15.1. The SMILES string of the molecule is c1ccc(-c2ccc(-n3c4ccccc4c4cc5c6ncccc6n(-c6ccccc6)c5nc43)nc2)cc1. The number of fused-ring (bicyclic) bond motifs is 6. The maximum absolute atomic E-state index is 5.33.